The third-order valence-electron chi connectivity index (χ3n) is 6.43. The lowest BCUT2D eigenvalue weighted by molar-refractivity contribution is -0.147. The van der Waals surface area contributed by atoms with Gasteiger partial charge in [0.25, 0.3) is 5.91 Å². The van der Waals surface area contributed by atoms with Gasteiger partial charge in [-0.05, 0) is 43.0 Å². The molecule has 35 heavy (non-hydrogen) atoms. The van der Waals surface area contributed by atoms with Gasteiger partial charge in [-0.15, -0.1) is 0 Å². The first kappa shape index (κ1) is 24.0. The van der Waals surface area contributed by atoms with Crippen LogP contribution in [0.25, 0.3) is 11.1 Å². The lowest BCUT2D eigenvalue weighted by atomic mass is 9.98. The van der Waals surface area contributed by atoms with Gasteiger partial charge in [0.05, 0.1) is 0 Å². The summed E-state index contributed by atoms with van der Waals surface area (Å²) >= 11 is 0. The summed E-state index contributed by atoms with van der Waals surface area (Å²) in [7, 11) is 1.55. The average Bonchev–Trinajstić information content (AvgIpc) is 3.35. The van der Waals surface area contributed by atoms with E-state index in [1.807, 2.05) is 36.4 Å². The molecule has 2 N–H and O–H groups in total. The molecule has 1 aliphatic rings. The smallest absolute Gasteiger partial charge is 0.412 e. The third-order valence-corrected chi connectivity index (χ3v) is 6.43. The summed E-state index contributed by atoms with van der Waals surface area (Å²) in [5, 5.41) is 16.3. The summed E-state index contributed by atoms with van der Waals surface area (Å²) < 4.78 is 6.84. The van der Waals surface area contributed by atoms with E-state index >= 15 is 0 Å². The summed E-state index contributed by atoms with van der Waals surface area (Å²) in [6.45, 7) is 4.97. The molecule has 2 amide bonds. The van der Waals surface area contributed by atoms with Crippen molar-refractivity contribution in [2.24, 2.45) is 7.05 Å². The topological polar surface area (TPSA) is 114 Å². The molecule has 0 saturated carbocycles. The average molecular weight is 477 g/mol. The standard InChI is InChI=1S/C26H28N4O5/c1-5-30(26(2,3)24(32)33)23(31)21-14-22(28-29(21)4)27-25(34)35-15-20-18-12-8-6-10-16(18)17-11-7-9-13-19(17)20/h6-14,20H,5,15H2,1-4H3,(H,32,33)(H,27,28,34). The van der Waals surface area contributed by atoms with Crippen LogP contribution in [0.15, 0.2) is 54.6 Å². The number of rotatable bonds is 7. The van der Waals surface area contributed by atoms with Crippen LogP contribution in [0.2, 0.25) is 0 Å². The Bertz CT molecular complexity index is 1250. The second kappa shape index (κ2) is 9.25. The zero-order chi connectivity index (χ0) is 25.3. The predicted molar refractivity (Wildman–Crippen MR) is 130 cm³/mol. The maximum absolute atomic E-state index is 13.0. The molecule has 0 fully saturated rings. The minimum Gasteiger partial charge on any atom is -0.480 e. The first-order valence-electron chi connectivity index (χ1n) is 11.4. The molecule has 3 aromatic rings. The van der Waals surface area contributed by atoms with Crippen LogP contribution in [0, 0.1) is 0 Å². The number of likely N-dealkylation sites (N-methyl/N-ethyl adjacent to an activating group) is 1. The predicted octanol–water partition coefficient (Wildman–Crippen LogP) is 4.11. The minimum absolute atomic E-state index is 0.0783. The van der Waals surface area contributed by atoms with Gasteiger partial charge in [-0.1, -0.05) is 48.5 Å². The van der Waals surface area contributed by atoms with Crippen LogP contribution in [-0.4, -0.2) is 56.4 Å². The van der Waals surface area contributed by atoms with Gasteiger partial charge in [0.1, 0.15) is 17.8 Å². The van der Waals surface area contributed by atoms with Crippen molar-refractivity contribution in [1.82, 2.24) is 14.7 Å². The Balaban J connectivity index is 1.45. The molecule has 0 bridgehead atoms. The zero-order valence-electron chi connectivity index (χ0n) is 20.1. The highest BCUT2D eigenvalue weighted by Crippen LogP contribution is 2.44. The molecular weight excluding hydrogens is 448 g/mol. The molecule has 4 rings (SSSR count). The third kappa shape index (κ3) is 4.37. The Labute approximate surface area is 203 Å². The molecule has 0 unspecified atom stereocenters. The molecule has 0 spiro atoms. The number of anilines is 1. The monoisotopic (exact) mass is 476 g/mol. The first-order chi connectivity index (χ1) is 16.6. The largest absolute Gasteiger partial charge is 0.480 e. The number of aliphatic carboxylic acids is 1. The van der Waals surface area contributed by atoms with Gasteiger partial charge in [0.15, 0.2) is 5.82 Å². The van der Waals surface area contributed by atoms with Gasteiger partial charge in [-0.3, -0.25) is 14.8 Å². The fourth-order valence-electron chi connectivity index (χ4n) is 4.51. The van der Waals surface area contributed by atoms with Crippen molar-refractivity contribution in [3.8, 4) is 11.1 Å². The summed E-state index contributed by atoms with van der Waals surface area (Å²) in [6, 6.07) is 17.5. The van der Waals surface area contributed by atoms with E-state index in [2.05, 4.69) is 22.5 Å². The normalized spacial score (nSPS) is 12.6. The molecule has 9 nitrogen and oxygen atoms in total. The Hall–Kier alpha value is -4.14. The number of carboxylic acid groups (broad SMARTS) is 1. The van der Waals surface area contributed by atoms with Crippen molar-refractivity contribution in [1.29, 1.82) is 0 Å². The van der Waals surface area contributed by atoms with Crippen molar-refractivity contribution in [3.05, 3.63) is 71.4 Å². The molecule has 1 heterocycles. The van der Waals surface area contributed by atoms with Crippen LogP contribution < -0.4 is 5.32 Å². The van der Waals surface area contributed by atoms with Crippen LogP contribution in [0.5, 0.6) is 0 Å². The number of fused-ring (bicyclic) bond motifs is 3. The number of amides is 2. The van der Waals surface area contributed by atoms with Crippen molar-refractivity contribution >= 4 is 23.8 Å². The molecule has 0 aliphatic heterocycles. The second-order valence-corrected chi connectivity index (χ2v) is 8.90. The summed E-state index contributed by atoms with van der Waals surface area (Å²) in [6.07, 6.45) is -0.692. The van der Waals surface area contributed by atoms with Crippen LogP contribution >= 0.6 is 0 Å². The van der Waals surface area contributed by atoms with E-state index in [9.17, 15) is 19.5 Å². The Morgan fingerprint density at radius 1 is 1.09 bits per heavy atom. The van der Waals surface area contributed by atoms with Crippen molar-refractivity contribution in [3.63, 3.8) is 0 Å². The Kier molecular flexibility index (Phi) is 6.34. The van der Waals surface area contributed by atoms with E-state index < -0.39 is 23.5 Å². The minimum atomic E-state index is -1.41. The van der Waals surface area contributed by atoms with Gasteiger partial charge < -0.3 is 14.7 Å². The van der Waals surface area contributed by atoms with Gasteiger partial charge in [0, 0.05) is 25.6 Å². The Morgan fingerprint density at radius 3 is 2.20 bits per heavy atom. The number of benzene rings is 2. The van der Waals surface area contributed by atoms with Gasteiger partial charge in [-0.2, -0.15) is 5.10 Å². The Morgan fingerprint density at radius 2 is 1.66 bits per heavy atom. The van der Waals surface area contributed by atoms with E-state index in [0.717, 1.165) is 22.3 Å². The molecule has 2 aromatic carbocycles. The van der Waals surface area contributed by atoms with Crippen molar-refractivity contribution in [2.45, 2.75) is 32.2 Å². The van der Waals surface area contributed by atoms with E-state index in [4.69, 9.17) is 4.74 Å². The van der Waals surface area contributed by atoms with Crippen LogP contribution in [0.1, 0.15) is 48.3 Å². The molecule has 0 saturated heterocycles. The summed E-state index contributed by atoms with van der Waals surface area (Å²) in [5.41, 5.74) is 3.22. The lowest BCUT2D eigenvalue weighted by Gasteiger charge is -2.34. The van der Waals surface area contributed by atoms with E-state index in [1.54, 1.807) is 14.0 Å². The fourth-order valence-corrected chi connectivity index (χ4v) is 4.51. The first-order valence-corrected chi connectivity index (χ1v) is 11.4. The number of hydrogen-bond donors (Lipinski definition) is 2. The fraction of sp³-hybridized carbons (Fsp3) is 0.308. The quantitative estimate of drug-likeness (QED) is 0.531. The SMILES string of the molecule is CCN(C(=O)c1cc(NC(=O)OCC2c3ccccc3-c3ccccc32)nn1C)C(C)(C)C(=O)O. The number of ether oxygens (including phenoxy) is 1. The summed E-state index contributed by atoms with van der Waals surface area (Å²) in [5.74, 6) is -1.56. The number of carboxylic acids is 1. The van der Waals surface area contributed by atoms with E-state index in [0.29, 0.717) is 0 Å². The van der Waals surface area contributed by atoms with Crippen LogP contribution in [0.3, 0.4) is 0 Å². The molecule has 0 radical (unpaired) electrons. The highest BCUT2D eigenvalue weighted by Gasteiger charge is 2.38. The van der Waals surface area contributed by atoms with Crippen LogP contribution in [-0.2, 0) is 16.6 Å². The zero-order valence-corrected chi connectivity index (χ0v) is 20.1. The summed E-state index contributed by atoms with van der Waals surface area (Å²) in [4.78, 5) is 38.5. The number of hydrogen-bond acceptors (Lipinski definition) is 5. The molecule has 0 atom stereocenters. The maximum atomic E-state index is 13.0. The number of aryl methyl sites for hydroxylation is 1. The molecule has 1 aliphatic carbocycles. The van der Waals surface area contributed by atoms with Crippen LogP contribution in [0.4, 0.5) is 10.6 Å². The van der Waals surface area contributed by atoms with Crippen molar-refractivity contribution < 1.29 is 24.2 Å². The maximum Gasteiger partial charge on any atom is 0.412 e. The van der Waals surface area contributed by atoms with Gasteiger partial charge in [0.2, 0.25) is 0 Å². The number of nitrogens with zero attached hydrogens (tertiary/aromatic N) is 3. The number of carbonyl (C=O) groups is 3. The van der Waals surface area contributed by atoms with Crippen molar-refractivity contribution in [2.75, 3.05) is 18.5 Å². The number of nitrogens with one attached hydrogen (secondary N) is 1. The van der Waals surface area contributed by atoms with Gasteiger partial charge in [-0.25, -0.2) is 9.59 Å². The molecule has 9 heteroatoms. The van der Waals surface area contributed by atoms with E-state index in [-0.39, 0.29) is 30.6 Å². The molecular formula is C26H28N4O5. The lowest BCUT2D eigenvalue weighted by Crippen LogP contribution is -2.53. The second-order valence-electron chi connectivity index (χ2n) is 8.90. The number of carbonyl (C=O) groups excluding carboxylic acids is 2. The molecule has 1 aromatic heterocycles. The van der Waals surface area contributed by atoms with Gasteiger partial charge >= 0.3 is 12.1 Å². The van der Waals surface area contributed by atoms with E-state index in [1.165, 1.54) is 29.5 Å². The highest BCUT2D eigenvalue weighted by atomic mass is 16.5. The highest BCUT2D eigenvalue weighted by molar-refractivity contribution is 5.97. The number of aromatic nitrogens is 2. The molecule has 182 valence electrons.